The molecule has 0 bridgehead atoms. The Labute approximate surface area is 193 Å². The van der Waals surface area contributed by atoms with Gasteiger partial charge in [-0.15, -0.1) is 0 Å². The quantitative estimate of drug-likeness (QED) is 0.152. The highest BCUT2D eigenvalue weighted by Crippen LogP contribution is 2.20. The maximum Gasteiger partial charge on any atom is 0.310 e. The molecule has 0 aliphatic rings. The number of ether oxygens (including phenoxy) is 1. The van der Waals surface area contributed by atoms with E-state index >= 15 is 0 Å². The number of rotatable bonds is 20. The van der Waals surface area contributed by atoms with Gasteiger partial charge in [-0.2, -0.15) is 0 Å². The number of aryl methyl sites for hydroxylation is 1. The number of hydrogen-bond donors (Lipinski definition) is 0. The number of esters is 1. The molecule has 31 heavy (non-hydrogen) atoms. The Bertz CT molecular complexity index is 551. The molecule has 1 unspecified atom stereocenters. The normalized spacial score (nSPS) is 12.1. The SMILES string of the molecule is CCCCCCCCCCC(CCCCCCCC)COC(=O)Cc1cccc(C)c1. The van der Waals surface area contributed by atoms with E-state index in [0.29, 0.717) is 18.9 Å². The van der Waals surface area contributed by atoms with Gasteiger partial charge in [-0.1, -0.05) is 134 Å². The second kappa shape index (κ2) is 19.4. The second-order valence-corrected chi connectivity index (χ2v) is 9.53. The molecule has 0 amide bonds. The summed E-state index contributed by atoms with van der Waals surface area (Å²) in [4.78, 5) is 12.4. The average Bonchev–Trinajstić information content (AvgIpc) is 2.75. The monoisotopic (exact) mass is 430 g/mol. The first kappa shape index (κ1) is 27.7. The first-order valence-electron chi connectivity index (χ1n) is 13.4. The molecule has 0 saturated carbocycles. The molecular formula is C29H50O2. The van der Waals surface area contributed by atoms with Crippen molar-refractivity contribution in [3.8, 4) is 0 Å². The Morgan fingerprint density at radius 3 is 1.81 bits per heavy atom. The summed E-state index contributed by atoms with van der Waals surface area (Å²) in [5.41, 5.74) is 2.25. The van der Waals surface area contributed by atoms with Crippen molar-refractivity contribution in [1.82, 2.24) is 0 Å². The number of hydrogen-bond acceptors (Lipinski definition) is 2. The minimum atomic E-state index is -0.0746. The van der Waals surface area contributed by atoms with Crippen LogP contribution in [0.5, 0.6) is 0 Å². The van der Waals surface area contributed by atoms with Crippen LogP contribution in [0.25, 0.3) is 0 Å². The molecule has 178 valence electrons. The van der Waals surface area contributed by atoms with Crippen molar-refractivity contribution >= 4 is 5.97 Å². The van der Waals surface area contributed by atoms with Crippen LogP contribution in [0.1, 0.15) is 128 Å². The lowest BCUT2D eigenvalue weighted by molar-refractivity contribution is -0.144. The molecule has 0 aliphatic heterocycles. The van der Waals surface area contributed by atoms with E-state index in [1.165, 1.54) is 108 Å². The van der Waals surface area contributed by atoms with E-state index in [-0.39, 0.29) is 5.97 Å². The van der Waals surface area contributed by atoms with Crippen LogP contribution in [0.15, 0.2) is 24.3 Å². The van der Waals surface area contributed by atoms with Gasteiger partial charge in [-0.3, -0.25) is 4.79 Å². The Morgan fingerprint density at radius 1 is 0.774 bits per heavy atom. The molecule has 0 aromatic heterocycles. The van der Waals surface area contributed by atoms with Gasteiger partial charge in [0.25, 0.3) is 0 Å². The lowest BCUT2D eigenvalue weighted by Crippen LogP contribution is -2.16. The van der Waals surface area contributed by atoms with Crippen LogP contribution < -0.4 is 0 Å². The minimum Gasteiger partial charge on any atom is -0.465 e. The van der Waals surface area contributed by atoms with E-state index < -0.39 is 0 Å². The predicted octanol–water partition coefficient (Wildman–Crippen LogP) is 8.98. The summed E-state index contributed by atoms with van der Waals surface area (Å²) in [5, 5.41) is 0. The Kier molecular flexibility index (Phi) is 17.3. The first-order chi connectivity index (χ1) is 15.2. The Morgan fingerprint density at radius 2 is 1.29 bits per heavy atom. The summed E-state index contributed by atoms with van der Waals surface area (Å²) >= 11 is 0. The molecule has 1 atom stereocenters. The highest BCUT2D eigenvalue weighted by molar-refractivity contribution is 5.72. The van der Waals surface area contributed by atoms with Gasteiger partial charge >= 0.3 is 5.97 Å². The van der Waals surface area contributed by atoms with E-state index in [1.54, 1.807) is 0 Å². The van der Waals surface area contributed by atoms with Crippen molar-refractivity contribution in [3.63, 3.8) is 0 Å². The first-order valence-corrected chi connectivity index (χ1v) is 13.4. The molecule has 1 aromatic rings. The zero-order valence-electron chi connectivity index (χ0n) is 20.9. The fraction of sp³-hybridized carbons (Fsp3) is 0.759. The zero-order valence-corrected chi connectivity index (χ0v) is 20.9. The molecule has 0 aliphatic carbocycles. The molecular weight excluding hydrogens is 380 g/mol. The van der Waals surface area contributed by atoms with Crippen LogP contribution >= 0.6 is 0 Å². The summed E-state index contributed by atoms with van der Waals surface area (Å²) in [5.74, 6) is 0.460. The third-order valence-electron chi connectivity index (χ3n) is 6.34. The van der Waals surface area contributed by atoms with Gasteiger partial charge in [0.2, 0.25) is 0 Å². The van der Waals surface area contributed by atoms with Gasteiger partial charge in [0.1, 0.15) is 0 Å². The number of carbonyl (C=O) groups excluding carboxylic acids is 1. The molecule has 1 aromatic carbocycles. The van der Waals surface area contributed by atoms with Crippen molar-refractivity contribution in [2.75, 3.05) is 6.61 Å². The van der Waals surface area contributed by atoms with Crippen LogP contribution in [0, 0.1) is 12.8 Å². The number of carbonyl (C=O) groups is 1. The third kappa shape index (κ3) is 16.0. The van der Waals surface area contributed by atoms with E-state index in [9.17, 15) is 4.79 Å². The van der Waals surface area contributed by atoms with E-state index in [1.807, 2.05) is 12.1 Å². The summed E-state index contributed by atoms with van der Waals surface area (Å²) in [6, 6.07) is 8.18. The van der Waals surface area contributed by atoms with Gasteiger partial charge < -0.3 is 4.74 Å². The molecule has 2 heteroatoms. The second-order valence-electron chi connectivity index (χ2n) is 9.53. The highest BCUT2D eigenvalue weighted by atomic mass is 16.5. The maximum absolute atomic E-state index is 12.4. The summed E-state index contributed by atoms with van der Waals surface area (Å²) in [7, 11) is 0. The van der Waals surface area contributed by atoms with Gasteiger partial charge in [0, 0.05) is 0 Å². The molecule has 0 fully saturated rings. The van der Waals surface area contributed by atoms with Crippen LogP contribution in [0.3, 0.4) is 0 Å². The van der Waals surface area contributed by atoms with Crippen LogP contribution in [0.4, 0.5) is 0 Å². The predicted molar refractivity (Wildman–Crippen MR) is 135 cm³/mol. The largest absolute Gasteiger partial charge is 0.465 e. The van der Waals surface area contributed by atoms with Crippen molar-refractivity contribution in [2.24, 2.45) is 5.92 Å². The zero-order chi connectivity index (χ0) is 22.6. The third-order valence-corrected chi connectivity index (χ3v) is 6.34. The lowest BCUT2D eigenvalue weighted by Gasteiger charge is -2.17. The fourth-order valence-corrected chi connectivity index (χ4v) is 4.34. The molecule has 0 N–H and O–H groups in total. The Hall–Kier alpha value is -1.31. The number of benzene rings is 1. The fourth-order valence-electron chi connectivity index (χ4n) is 4.34. The number of unbranched alkanes of at least 4 members (excludes halogenated alkanes) is 12. The molecule has 1 rings (SSSR count). The van der Waals surface area contributed by atoms with Crippen molar-refractivity contribution in [3.05, 3.63) is 35.4 Å². The van der Waals surface area contributed by atoms with E-state index in [2.05, 4.69) is 32.9 Å². The molecule has 0 radical (unpaired) electrons. The molecule has 2 nitrogen and oxygen atoms in total. The minimum absolute atomic E-state index is 0.0746. The van der Waals surface area contributed by atoms with Gasteiger partial charge in [-0.25, -0.2) is 0 Å². The Balaban J connectivity index is 2.30. The van der Waals surface area contributed by atoms with E-state index in [0.717, 1.165) is 5.56 Å². The van der Waals surface area contributed by atoms with Crippen molar-refractivity contribution < 1.29 is 9.53 Å². The van der Waals surface area contributed by atoms with Gasteiger partial charge in [-0.05, 0) is 31.2 Å². The van der Waals surface area contributed by atoms with Gasteiger partial charge in [0.15, 0.2) is 0 Å². The highest BCUT2D eigenvalue weighted by Gasteiger charge is 2.13. The summed E-state index contributed by atoms with van der Waals surface area (Å²) in [6.07, 6.45) is 21.6. The standard InChI is InChI=1S/C29H50O2/c1-4-6-8-10-12-13-15-17-21-27(20-16-14-11-9-7-5-2)25-31-29(30)24-28-22-18-19-26(3)23-28/h18-19,22-23,27H,4-17,20-21,24-25H2,1-3H3. The van der Waals surface area contributed by atoms with Crippen LogP contribution in [-0.2, 0) is 16.0 Å². The van der Waals surface area contributed by atoms with Gasteiger partial charge in [0.05, 0.1) is 13.0 Å². The summed E-state index contributed by atoms with van der Waals surface area (Å²) in [6.45, 7) is 7.22. The lowest BCUT2D eigenvalue weighted by atomic mass is 9.94. The van der Waals surface area contributed by atoms with Crippen molar-refractivity contribution in [1.29, 1.82) is 0 Å². The topological polar surface area (TPSA) is 26.3 Å². The molecule has 0 spiro atoms. The smallest absolute Gasteiger partial charge is 0.310 e. The summed E-state index contributed by atoms with van der Waals surface area (Å²) < 4.78 is 5.73. The van der Waals surface area contributed by atoms with Crippen molar-refractivity contribution in [2.45, 2.75) is 130 Å². The maximum atomic E-state index is 12.4. The average molecular weight is 431 g/mol. The van der Waals surface area contributed by atoms with Crippen LogP contribution in [-0.4, -0.2) is 12.6 Å². The molecule has 0 saturated heterocycles. The molecule has 0 heterocycles. The van der Waals surface area contributed by atoms with E-state index in [4.69, 9.17) is 4.74 Å². The van der Waals surface area contributed by atoms with Crippen LogP contribution in [0.2, 0.25) is 0 Å².